The van der Waals surface area contributed by atoms with Gasteiger partial charge in [-0.15, -0.1) is 0 Å². The van der Waals surface area contributed by atoms with Gasteiger partial charge in [-0.05, 0) is 37.0 Å². The molecule has 32 heavy (non-hydrogen) atoms. The molecule has 2 fully saturated rings. The number of anilines is 3. The lowest BCUT2D eigenvalue weighted by molar-refractivity contribution is -0.123. The smallest absolute Gasteiger partial charge is 0.328 e. The first-order valence-corrected chi connectivity index (χ1v) is 11.5. The minimum Gasteiger partial charge on any atom is -0.369 e. The van der Waals surface area contributed by atoms with Gasteiger partial charge in [0.2, 0.25) is 11.9 Å². The molecular weight excluding hydrogens is 441 g/mol. The quantitative estimate of drug-likeness (QED) is 0.412. The van der Waals surface area contributed by atoms with Crippen LogP contribution in [0.3, 0.4) is 0 Å². The van der Waals surface area contributed by atoms with Crippen molar-refractivity contribution in [3.8, 4) is 0 Å². The molecule has 0 unspecified atom stereocenters. The molecule has 5 rings (SSSR count). The van der Waals surface area contributed by atoms with E-state index in [0.29, 0.717) is 18.5 Å². The number of amides is 3. The Labute approximate surface area is 182 Å². The average molecular weight is 461 g/mol. The molecule has 2 saturated carbocycles. The fourth-order valence-electron chi connectivity index (χ4n) is 5.07. The molecule has 3 aliphatic rings. The molecule has 1 aromatic heterocycles. The lowest BCUT2D eigenvalue weighted by Gasteiger charge is -2.35. The number of aromatic nitrogens is 2. The first kappa shape index (κ1) is 20.4. The highest BCUT2D eigenvalue weighted by Gasteiger charge is 2.55. The number of primary amides is 1. The number of sulfonamides is 1. The zero-order valence-electron chi connectivity index (χ0n) is 16.6. The van der Waals surface area contributed by atoms with Crippen LogP contribution in [0.25, 0.3) is 0 Å². The second kappa shape index (κ2) is 7.29. The normalized spacial score (nSPS) is 30.0. The second-order valence-electron chi connectivity index (χ2n) is 8.22. The van der Waals surface area contributed by atoms with E-state index in [9.17, 15) is 22.4 Å². The van der Waals surface area contributed by atoms with Gasteiger partial charge in [-0.1, -0.05) is 6.07 Å². The van der Waals surface area contributed by atoms with E-state index in [0.717, 1.165) is 6.20 Å². The first-order chi connectivity index (χ1) is 15.2. The van der Waals surface area contributed by atoms with Crippen LogP contribution in [-0.2, 0) is 14.8 Å². The van der Waals surface area contributed by atoms with Crippen molar-refractivity contribution < 1.29 is 22.4 Å². The molecule has 0 saturated heterocycles. The summed E-state index contributed by atoms with van der Waals surface area (Å²) < 4.78 is 41.9. The van der Waals surface area contributed by atoms with Crippen molar-refractivity contribution in [1.82, 2.24) is 20.0 Å². The number of benzene rings is 1. The van der Waals surface area contributed by atoms with Gasteiger partial charge in [-0.25, -0.2) is 27.3 Å². The third-order valence-corrected chi connectivity index (χ3v) is 7.65. The van der Waals surface area contributed by atoms with Gasteiger partial charge in [0, 0.05) is 23.7 Å². The Morgan fingerprint density at radius 1 is 1.22 bits per heavy atom. The molecule has 2 aliphatic carbocycles. The number of carbonyl (C=O) groups excluding carboxylic acids is 2. The Morgan fingerprint density at radius 2 is 2.03 bits per heavy atom. The van der Waals surface area contributed by atoms with Crippen LogP contribution in [0.1, 0.15) is 12.8 Å². The van der Waals surface area contributed by atoms with Gasteiger partial charge in [0.1, 0.15) is 0 Å². The zero-order chi connectivity index (χ0) is 22.6. The van der Waals surface area contributed by atoms with E-state index in [-0.39, 0.29) is 28.5 Å². The van der Waals surface area contributed by atoms with Gasteiger partial charge >= 0.3 is 6.03 Å². The van der Waals surface area contributed by atoms with Crippen LogP contribution in [0.5, 0.6) is 0 Å². The van der Waals surface area contributed by atoms with Gasteiger partial charge in [0.15, 0.2) is 11.6 Å². The maximum atomic E-state index is 14.5. The summed E-state index contributed by atoms with van der Waals surface area (Å²) in [6.45, 7) is 0. The predicted octanol–water partition coefficient (Wildman–Crippen LogP) is 0.651. The molecule has 168 valence electrons. The molecule has 3 amide bonds. The summed E-state index contributed by atoms with van der Waals surface area (Å²) in [6.07, 6.45) is 2.00. The fraction of sp³-hybridized carbons (Fsp3) is 0.368. The van der Waals surface area contributed by atoms with Gasteiger partial charge in [-0.2, -0.15) is 4.98 Å². The number of fused-ring (bicyclic) bond motifs is 5. The minimum atomic E-state index is -4.15. The summed E-state index contributed by atoms with van der Waals surface area (Å²) in [7, 11) is -4.15. The molecule has 13 heteroatoms. The number of hydrogen-bond donors (Lipinski definition) is 5. The Morgan fingerprint density at radius 3 is 2.81 bits per heavy atom. The molecule has 2 heterocycles. The highest BCUT2D eigenvalue weighted by molar-refractivity contribution is 7.90. The van der Waals surface area contributed by atoms with Crippen LogP contribution in [-0.4, -0.2) is 42.4 Å². The van der Waals surface area contributed by atoms with Crippen molar-refractivity contribution in [2.75, 3.05) is 10.6 Å². The lowest BCUT2D eigenvalue weighted by atomic mass is 9.81. The van der Waals surface area contributed by atoms with Crippen LogP contribution in [0.4, 0.5) is 26.6 Å². The molecule has 11 nitrogen and oxygen atoms in total. The van der Waals surface area contributed by atoms with Gasteiger partial charge < -0.3 is 21.7 Å². The van der Waals surface area contributed by atoms with Crippen LogP contribution in [0.2, 0.25) is 0 Å². The van der Waals surface area contributed by atoms with E-state index in [1.165, 1.54) is 18.2 Å². The van der Waals surface area contributed by atoms with E-state index in [1.807, 2.05) is 4.72 Å². The number of urea groups is 1. The van der Waals surface area contributed by atoms with Gasteiger partial charge in [-0.3, -0.25) is 4.79 Å². The van der Waals surface area contributed by atoms with Crippen LogP contribution in [0, 0.1) is 23.6 Å². The summed E-state index contributed by atoms with van der Waals surface area (Å²) in [4.78, 5) is 32.6. The van der Waals surface area contributed by atoms with Crippen molar-refractivity contribution in [2.24, 2.45) is 23.5 Å². The van der Waals surface area contributed by atoms with Crippen LogP contribution < -0.4 is 26.4 Å². The van der Waals surface area contributed by atoms with Crippen molar-refractivity contribution in [3.63, 3.8) is 0 Å². The SMILES string of the molecule is NC(=O)[C@H]1[C@@H]2C[C@H]3[C@H]1Nc1nc(ncc1F)Nc1cccc(c1)S(=O)(=O)NC(=O)N[C@@H]3C2. The molecule has 1 aromatic carbocycles. The summed E-state index contributed by atoms with van der Waals surface area (Å²) in [5, 5.41) is 8.51. The maximum Gasteiger partial charge on any atom is 0.328 e. The second-order valence-corrected chi connectivity index (χ2v) is 9.90. The summed E-state index contributed by atoms with van der Waals surface area (Å²) in [5.41, 5.74) is 5.94. The molecule has 6 bridgehead atoms. The maximum absolute atomic E-state index is 14.5. The molecular formula is C19H20FN7O4S. The third-order valence-electron chi connectivity index (χ3n) is 6.32. The first-order valence-electron chi connectivity index (χ1n) is 10.00. The number of nitrogens with one attached hydrogen (secondary N) is 4. The molecule has 1 aliphatic heterocycles. The highest BCUT2D eigenvalue weighted by Crippen LogP contribution is 2.49. The number of rotatable bonds is 1. The van der Waals surface area contributed by atoms with Crippen molar-refractivity contribution in [3.05, 3.63) is 36.3 Å². The fourth-order valence-corrected chi connectivity index (χ4v) is 6.03. The largest absolute Gasteiger partial charge is 0.369 e. The molecule has 0 radical (unpaired) electrons. The van der Waals surface area contributed by atoms with E-state index >= 15 is 0 Å². The van der Waals surface area contributed by atoms with Gasteiger partial charge in [0.25, 0.3) is 10.0 Å². The van der Waals surface area contributed by atoms with Crippen molar-refractivity contribution in [2.45, 2.75) is 29.8 Å². The molecule has 2 aromatic rings. The number of halogens is 1. The van der Waals surface area contributed by atoms with E-state index in [4.69, 9.17) is 5.73 Å². The van der Waals surface area contributed by atoms with E-state index in [2.05, 4.69) is 25.9 Å². The monoisotopic (exact) mass is 461 g/mol. The van der Waals surface area contributed by atoms with Crippen molar-refractivity contribution in [1.29, 1.82) is 0 Å². The summed E-state index contributed by atoms with van der Waals surface area (Å²) >= 11 is 0. The summed E-state index contributed by atoms with van der Waals surface area (Å²) in [6, 6.07) is 3.79. The number of nitrogens with two attached hydrogens (primary N) is 1. The number of carbonyl (C=O) groups is 2. The molecule has 5 atom stereocenters. The zero-order valence-corrected chi connectivity index (χ0v) is 17.4. The Hall–Kier alpha value is -3.48. The molecule has 6 N–H and O–H groups in total. The van der Waals surface area contributed by atoms with Crippen LogP contribution in [0.15, 0.2) is 35.4 Å². The highest BCUT2D eigenvalue weighted by atomic mass is 32.2. The van der Waals surface area contributed by atoms with Crippen LogP contribution >= 0.6 is 0 Å². The Balaban J connectivity index is 1.59. The lowest BCUT2D eigenvalue weighted by Crippen LogP contribution is -2.53. The average Bonchev–Trinajstić information content (AvgIpc) is 3.27. The molecule has 0 spiro atoms. The predicted molar refractivity (Wildman–Crippen MR) is 111 cm³/mol. The topological polar surface area (TPSA) is 168 Å². The number of nitrogens with zero attached hydrogens (tertiary/aromatic N) is 2. The Bertz CT molecular complexity index is 1220. The minimum absolute atomic E-state index is 0.0239. The number of hydrogen-bond acceptors (Lipinski definition) is 8. The van der Waals surface area contributed by atoms with E-state index in [1.54, 1.807) is 6.07 Å². The van der Waals surface area contributed by atoms with E-state index < -0.39 is 45.8 Å². The third kappa shape index (κ3) is 3.47. The summed E-state index contributed by atoms with van der Waals surface area (Å²) in [5.74, 6) is -2.33. The standard InChI is InChI=1S/C19H20FN7O4S/c20-12-7-22-18-23-9-2-1-3-10(6-9)32(30,31)27-19(29)24-13-5-8-4-11(13)15(14(8)16(21)28)25-17(12)26-18/h1-3,6-8,11,13-15H,4-5H2,(H2,21,28)(H2,24,27,29)(H2,22,23,25,26)/t8-,11-,13-,14+,15-/m1/s1. The Kier molecular flexibility index (Phi) is 4.65. The van der Waals surface area contributed by atoms with Crippen molar-refractivity contribution >= 4 is 39.4 Å². The van der Waals surface area contributed by atoms with Gasteiger partial charge in [0.05, 0.1) is 17.0 Å².